The lowest BCUT2D eigenvalue weighted by molar-refractivity contribution is -0.137. The summed E-state index contributed by atoms with van der Waals surface area (Å²) < 4.78 is 9.68. The third kappa shape index (κ3) is 2.97. The van der Waals surface area contributed by atoms with Crippen LogP contribution in [-0.2, 0) is 11.8 Å². The van der Waals surface area contributed by atoms with Gasteiger partial charge in [-0.3, -0.25) is 9.48 Å². The average Bonchev–Trinajstić information content (AvgIpc) is 3.27. The topological polar surface area (TPSA) is 77.6 Å². The van der Waals surface area contributed by atoms with E-state index in [2.05, 4.69) is 28.7 Å². The number of hydrogen-bond donors (Lipinski definition) is 0. The first-order valence-corrected chi connectivity index (χ1v) is 8.80. The molecule has 8 nitrogen and oxygen atoms in total. The molecular weight excluding hydrogens is 344 g/mol. The quantitative estimate of drug-likeness (QED) is 0.646. The Balaban J connectivity index is 1.57. The molecule has 3 aromatic rings. The first-order valence-electron chi connectivity index (χ1n) is 8.80. The van der Waals surface area contributed by atoms with E-state index in [0.29, 0.717) is 5.88 Å². The van der Waals surface area contributed by atoms with Crippen LogP contribution in [0.15, 0.2) is 43.5 Å². The van der Waals surface area contributed by atoms with Crippen LogP contribution in [0.25, 0.3) is 16.8 Å². The van der Waals surface area contributed by atoms with Crippen molar-refractivity contribution in [3.05, 3.63) is 43.5 Å². The molecule has 140 valence electrons. The SMILES string of the molecule is C=CC(=O)N(C)[C@]1(C)C[C@@H](Oc2nc(-c3cnn(C)c3)cn3nccc23)C1. The highest BCUT2D eigenvalue weighted by atomic mass is 16.5. The molecule has 3 heterocycles. The van der Waals surface area contributed by atoms with Gasteiger partial charge >= 0.3 is 0 Å². The fourth-order valence-electron chi connectivity index (χ4n) is 3.52. The Bertz CT molecular complexity index is 1010. The Labute approximate surface area is 157 Å². The largest absolute Gasteiger partial charge is 0.473 e. The fraction of sp³-hybridized carbons (Fsp3) is 0.368. The van der Waals surface area contributed by atoms with Gasteiger partial charge in [0, 0.05) is 44.2 Å². The predicted molar refractivity (Wildman–Crippen MR) is 100 cm³/mol. The molecule has 1 saturated carbocycles. The summed E-state index contributed by atoms with van der Waals surface area (Å²) in [5.41, 5.74) is 2.23. The van der Waals surface area contributed by atoms with Gasteiger partial charge in [0.1, 0.15) is 11.6 Å². The van der Waals surface area contributed by atoms with E-state index < -0.39 is 0 Å². The van der Waals surface area contributed by atoms with Crippen LogP contribution >= 0.6 is 0 Å². The number of carbonyl (C=O) groups excluding carboxylic acids is 1. The maximum absolute atomic E-state index is 11.9. The summed E-state index contributed by atoms with van der Waals surface area (Å²) in [5, 5.41) is 8.52. The first-order chi connectivity index (χ1) is 12.9. The monoisotopic (exact) mass is 366 g/mol. The van der Waals surface area contributed by atoms with Crippen LogP contribution in [0.4, 0.5) is 0 Å². The Hall–Kier alpha value is -3.16. The van der Waals surface area contributed by atoms with Crippen LogP contribution in [0.1, 0.15) is 19.8 Å². The maximum atomic E-state index is 11.9. The lowest BCUT2D eigenvalue weighted by Gasteiger charge is -2.49. The van der Waals surface area contributed by atoms with Crippen molar-refractivity contribution < 1.29 is 9.53 Å². The van der Waals surface area contributed by atoms with E-state index in [1.54, 1.807) is 33.5 Å². The highest BCUT2D eigenvalue weighted by Gasteiger charge is 2.46. The smallest absolute Gasteiger partial charge is 0.246 e. The molecule has 3 aromatic heterocycles. The standard InChI is InChI=1S/C19H22N6O2/c1-5-17(26)24(4)19(2)8-14(9-19)27-18-16-6-7-20-25(16)12-15(22-18)13-10-21-23(3)11-13/h5-7,10-12,14H,1,8-9H2,2-4H3/t14-,19-. The Kier molecular flexibility index (Phi) is 3.98. The van der Waals surface area contributed by atoms with Gasteiger partial charge in [-0.2, -0.15) is 10.2 Å². The number of likely N-dealkylation sites (N-methyl/N-ethyl adjacent to an activating group) is 1. The molecule has 1 fully saturated rings. The molecule has 1 aliphatic rings. The van der Waals surface area contributed by atoms with E-state index in [4.69, 9.17) is 4.74 Å². The van der Waals surface area contributed by atoms with Gasteiger partial charge in [-0.25, -0.2) is 9.50 Å². The van der Waals surface area contributed by atoms with Gasteiger partial charge in [-0.05, 0) is 19.1 Å². The van der Waals surface area contributed by atoms with Crippen molar-refractivity contribution in [2.75, 3.05) is 7.05 Å². The summed E-state index contributed by atoms with van der Waals surface area (Å²) >= 11 is 0. The van der Waals surface area contributed by atoms with Crippen molar-refractivity contribution in [1.82, 2.24) is 29.3 Å². The van der Waals surface area contributed by atoms with Gasteiger partial charge in [0.2, 0.25) is 11.8 Å². The van der Waals surface area contributed by atoms with E-state index >= 15 is 0 Å². The number of aromatic nitrogens is 5. The van der Waals surface area contributed by atoms with Crippen LogP contribution in [0, 0.1) is 0 Å². The molecule has 0 aliphatic heterocycles. The second-order valence-electron chi connectivity index (χ2n) is 7.24. The third-order valence-electron chi connectivity index (χ3n) is 5.28. The molecule has 0 spiro atoms. The number of carbonyl (C=O) groups is 1. The van der Waals surface area contributed by atoms with Gasteiger partial charge < -0.3 is 9.64 Å². The summed E-state index contributed by atoms with van der Waals surface area (Å²) in [6, 6.07) is 1.88. The lowest BCUT2D eigenvalue weighted by Crippen LogP contribution is -2.59. The van der Waals surface area contributed by atoms with E-state index in [0.717, 1.165) is 29.6 Å². The normalized spacial score (nSPS) is 21.7. The van der Waals surface area contributed by atoms with Gasteiger partial charge in [-0.1, -0.05) is 6.58 Å². The van der Waals surface area contributed by atoms with Crippen molar-refractivity contribution in [1.29, 1.82) is 0 Å². The zero-order chi connectivity index (χ0) is 19.2. The van der Waals surface area contributed by atoms with Crippen molar-refractivity contribution in [3.8, 4) is 17.1 Å². The number of nitrogens with zero attached hydrogens (tertiary/aromatic N) is 6. The van der Waals surface area contributed by atoms with Crippen molar-refractivity contribution >= 4 is 11.4 Å². The summed E-state index contributed by atoms with van der Waals surface area (Å²) in [6.07, 6.45) is 10.1. The number of hydrogen-bond acceptors (Lipinski definition) is 5. The second kappa shape index (κ2) is 6.22. The van der Waals surface area contributed by atoms with Crippen LogP contribution in [0.5, 0.6) is 5.88 Å². The number of rotatable bonds is 5. The number of amides is 1. The van der Waals surface area contributed by atoms with Crippen molar-refractivity contribution in [2.45, 2.75) is 31.4 Å². The zero-order valence-corrected chi connectivity index (χ0v) is 15.7. The summed E-state index contributed by atoms with van der Waals surface area (Å²) in [5.74, 6) is 0.462. The molecule has 1 amide bonds. The first kappa shape index (κ1) is 17.3. The number of ether oxygens (including phenoxy) is 1. The van der Waals surface area contributed by atoms with Gasteiger partial charge in [-0.15, -0.1) is 0 Å². The molecule has 1 aliphatic carbocycles. The van der Waals surface area contributed by atoms with Crippen molar-refractivity contribution in [3.63, 3.8) is 0 Å². The minimum atomic E-state index is -0.229. The molecule has 0 unspecified atom stereocenters. The van der Waals surface area contributed by atoms with Crippen LogP contribution in [-0.4, -0.2) is 53.9 Å². The fourth-order valence-corrected chi connectivity index (χ4v) is 3.52. The van der Waals surface area contributed by atoms with Gasteiger partial charge in [0.25, 0.3) is 0 Å². The highest BCUT2D eigenvalue weighted by molar-refractivity contribution is 5.87. The van der Waals surface area contributed by atoms with E-state index in [-0.39, 0.29) is 17.6 Å². The molecule has 0 radical (unpaired) electrons. The summed E-state index contributed by atoms with van der Waals surface area (Å²) in [4.78, 5) is 18.3. The average molecular weight is 366 g/mol. The minimum absolute atomic E-state index is 0.00888. The van der Waals surface area contributed by atoms with Crippen LogP contribution < -0.4 is 4.74 Å². The van der Waals surface area contributed by atoms with Crippen LogP contribution in [0.2, 0.25) is 0 Å². The molecule has 0 atom stereocenters. The number of fused-ring (bicyclic) bond motifs is 1. The predicted octanol–water partition coefficient (Wildman–Crippen LogP) is 2.07. The zero-order valence-electron chi connectivity index (χ0n) is 15.7. The van der Waals surface area contributed by atoms with E-state index in [9.17, 15) is 4.79 Å². The number of aryl methyl sites for hydroxylation is 1. The summed E-state index contributed by atoms with van der Waals surface area (Å²) in [6.45, 7) is 5.62. The molecule has 0 saturated heterocycles. The second-order valence-corrected chi connectivity index (χ2v) is 7.24. The lowest BCUT2D eigenvalue weighted by atomic mass is 9.74. The molecule has 0 bridgehead atoms. The summed E-state index contributed by atoms with van der Waals surface area (Å²) in [7, 11) is 3.67. The van der Waals surface area contributed by atoms with E-state index in [1.165, 1.54) is 6.08 Å². The van der Waals surface area contributed by atoms with Gasteiger partial charge in [0.15, 0.2) is 0 Å². The Morgan fingerprint density at radius 2 is 2.19 bits per heavy atom. The third-order valence-corrected chi connectivity index (χ3v) is 5.28. The molecule has 8 heteroatoms. The minimum Gasteiger partial charge on any atom is -0.473 e. The van der Waals surface area contributed by atoms with Crippen LogP contribution in [0.3, 0.4) is 0 Å². The Morgan fingerprint density at radius 3 is 2.85 bits per heavy atom. The molecule has 4 rings (SSSR count). The molecule has 0 N–H and O–H groups in total. The highest BCUT2D eigenvalue weighted by Crippen LogP contribution is 2.40. The van der Waals surface area contributed by atoms with E-state index in [1.807, 2.05) is 25.5 Å². The molecular formula is C19H22N6O2. The molecule has 27 heavy (non-hydrogen) atoms. The Morgan fingerprint density at radius 1 is 1.41 bits per heavy atom. The maximum Gasteiger partial charge on any atom is 0.246 e. The molecule has 0 aromatic carbocycles. The van der Waals surface area contributed by atoms with Crippen molar-refractivity contribution in [2.24, 2.45) is 7.05 Å². The van der Waals surface area contributed by atoms with Gasteiger partial charge in [0.05, 0.1) is 24.3 Å².